The highest BCUT2D eigenvalue weighted by molar-refractivity contribution is 7.92. The van der Waals surface area contributed by atoms with E-state index in [4.69, 9.17) is 10.1 Å². The summed E-state index contributed by atoms with van der Waals surface area (Å²) in [6.45, 7) is 1.85. The molecule has 0 bridgehead atoms. The Morgan fingerprint density at radius 3 is 2.50 bits per heavy atom. The summed E-state index contributed by atoms with van der Waals surface area (Å²) in [6.07, 6.45) is 0.790. The van der Waals surface area contributed by atoms with Gasteiger partial charge in [0.15, 0.2) is 4.98 Å². The fraction of sp³-hybridized carbons (Fsp3) is 0.125. The molecular formula is C16H16N3O4S+. The molecule has 124 valence electrons. The number of hydrogen-bond donors (Lipinski definition) is 2. The summed E-state index contributed by atoms with van der Waals surface area (Å²) in [4.78, 5) is 2.83. The van der Waals surface area contributed by atoms with Gasteiger partial charge >= 0.3 is 6.20 Å². The first-order valence-electron chi connectivity index (χ1n) is 6.88. The summed E-state index contributed by atoms with van der Waals surface area (Å²) in [5.41, 5.74) is 1.17. The highest BCUT2D eigenvalue weighted by atomic mass is 32.2. The smallest absolute Gasteiger partial charge is 0.392 e. The maximum atomic E-state index is 12.5. The minimum atomic E-state index is -3.84. The molecule has 7 nitrogen and oxygen atoms in total. The molecule has 0 saturated heterocycles. The Kier molecular flexibility index (Phi) is 5.06. The number of aryl methyl sites for hydroxylation is 1. The van der Waals surface area contributed by atoms with E-state index in [0.29, 0.717) is 5.75 Å². The summed E-state index contributed by atoms with van der Waals surface area (Å²) >= 11 is 0. The van der Waals surface area contributed by atoms with Gasteiger partial charge in [0, 0.05) is 0 Å². The van der Waals surface area contributed by atoms with Crippen LogP contribution in [0.4, 0.5) is 5.69 Å². The van der Waals surface area contributed by atoms with Gasteiger partial charge in [-0.15, -0.1) is 0 Å². The lowest BCUT2D eigenvalue weighted by molar-refractivity contribution is 0.414. The van der Waals surface area contributed by atoms with Gasteiger partial charge in [0.25, 0.3) is 10.0 Å². The highest BCUT2D eigenvalue weighted by Gasteiger charge is 2.19. The summed E-state index contributed by atoms with van der Waals surface area (Å²) in [5, 5.41) is 18.5. The van der Waals surface area contributed by atoms with E-state index in [-0.39, 0.29) is 16.1 Å². The number of rotatable bonds is 5. The molecule has 0 amide bonds. The summed E-state index contributed by atoms with van der Waals surface area (Å²) < 4.78 is 32.4. The molecule has 0 aliphatic heterocycles. The van der Waals surface area contributed by atoms with Gasteiger partial charge in [0.2, 0.25) is 11.2 Å². The molecule has 24 heavy (non-hydrogen) atoms. The molecular weight excluding hydrogens is 330 g/mol. The first-order chi connectivity index (χ1) is 11.4. The average Bonchev–Trinajstić information content (AvgIpc) is 2.55. The number of nitrogens with zero attached hydrogens (tertiary/aromatic N) is 2. The third-order valence-electron chi connectivity index (χ3n) is 3.26. The van der Waals surface area contributed by atoms with Crippen LogP contribution < -0.4 is 9.46 Å². The summed E-state index contributed by atoms with van der Waals surface area (Å²) in [6, 6.07) is 10.8. The Labute approximate surface area is 139 Å². The SMILES string of the molecule is COc1ccc(NS(=O)(=O)c2ccc(C)cc2)c(C(O)=C[N+]#N)c1. The third kappa shape index (κ3) is 3.83. The molecule has 2 rings (SSSR count). The van der Waals surface area contributed by atoms with Gasteiger partial charge < -0.3 is 9.84 Å². The van der Waals surface area contributed by atoms with Crippen LogP contribution in [0.5, 0.6) is 5.75 Å². The molecule has 0 unspecified atom stereocenters. The van der Waals surface area contributed by atoms with Crippen LogP contribution in [-0.4, -0.2) is 20.6 Å². The van der Waals surface area contributed by atoms with Crippen molar-refractivity contribution < 1.29 is 18.3 Å². The Hall–Kier alpha value is -3.05. The van der Waals surface area contributed by atoms with E-state index in [0.717, 1.165) is 11.8 Å². The lowest BCUT2D eigenvalue weighted by atomic mass is 10.1. The average molecular weight is 346 g/mol. The van der Waals surface area contributed by atoms with E-state index < -0.39 is 15.8 Å². The molecule has 0 spiro atoms. The predicted molar refractivity (Wildman–Crippen MR) is 90.7 cm³/mol. The maximum Gasteiger partial charge on any atom is 0.392 e. The maximum absolute atomic E-state index is 12.5. The minimum absolute atomic E-state index is 0.0881. The molecule has 0 aliphatic rings. The number of aliphatic hydroxyl groups is 1. The fourth-order valence-electron chi connectivity index (χ4n) is 2.00. The van der Waals surface area contributed by atoms with Crippen LogP contribution in [0.1, 0.15) is 11.1 Å². The molecule has 8 heteroatoms. The van der Waals surface area contributed by atoms with Crippen LogP contribution in [0.3, 0.4) is 0 Å². The van der Waals surface area contributed by atoms with E-state index in [1.54, 1.807) is 18.2 Å². The normalized spacial score (nSPS) is 11.6. The van der Waals surface area contributed by atoms with Crippen LogP contribution in [0.15, 0.2) is 53.6 Å². The van der Waals surface area contributed by atoms with Crippen molar-refractivity contribution in [1.82, 2.24) is 0 Å². The molecule has 0 heterocycles. The van der Waals surface area contributed by atoms with Crippen molar-refractivity contribution in [2.45, 2.75) is 11.8 Å². The molecule has 0 aliphatic carbocycles. The van der Waals surface area contributed by atoms with Crippen LogP contribution in [0, 0.1) is 12.3 Å². The van der Waals surface area contributed by atoms with Crippen molar-refractivity contribution in [2.24, 2.45) is 0 Å². The number of nitrogens with one attached hydrogen (secondary N) is 1. The van der Waals surface area contributed by atoms with Crippen LogP contribution in [0.2, 0.25) is 0 Å². The number of methoxy groups -OCH3 is 1. The van der Waals surface area contributed by atoms with Crippen molar-refractivity contribution in [3.8, 4) is 5.75 Å². The first-order valence-corrected chi connectivity index (χ1v) is 8.37. The van der Waals surface area contributed by atoms with Crippen LogP contribution in [-0.2, 0) is 10.0 Å². The van der Waals surface area contributed by atoms with E-state index in [9.17, 15) is 13.5 Å². The number of diazo groups is 1. The van der Waals surface area contributed by atoms with Gasteiger partial charge in [-0.3, -0.25) is 4.72 Å². The third-order valence-corrected chi connectivity index (χ3v) is 4.64. The van der Waals surface area contributed by atoms with Crippen molar-refractivity contribution >= 4 is 21.5 Å². The Bertz CT molecular complexity index is 913. The van der Waals surface area contributed by atoms with E-state index >= 15 is 0 Å². The number of benzene rings is 2. The minimum Gasteiger partial charge on any atom is -0.501 e. The molecule has 2 N–H and O–H groups in total. The largest absolute Gasteiger partial charge is 0.501 e. The Balaban J connectivity index is 2.47. The number of ether oxygens (including phenoxy) is 1. The Morgan fingerprint density at radius 1 is 1.25 bits per heavy atom. The molecule has 0 atom stereocenters. The molecule has 0 fully saturated rings. The van der Waals surface area contributed by atoms with Crippen LogP contribution >= 0.6 is 0 Å². The van der Waals surface area contributed by atoms with Gasteiger partial charge in [0.1, 0.15) is 5.75 Å². The lowest BCUT2D eigenvalue weighted by Gasteiger charge is -2.12. The second-order valence-corrected chi connectivity index (χ2v) is 6.64. The van der Waals surface area contributed by atoms with Gasteiger partial charge in [0.05, 0.1) is 23.3 Å². The van der Waals surface area contributed by atoms with Crippen molar-refractivity contribution in [3.63, 3.8) is 0 Å². The molecule has 2 aromatic rings. The number of hydrogen-bond acceptors (Lipinski definition) is 5. The highest BCUT2D eigenvalue weighted by Crippen LogP contribution is 2.29. The number of sulfonamides is 1. The lowest BCUT2D eigenvalue weighted by Crippen LogP contribution is -2.14. The van der Waals surface area contributed by atoms with Gasteiger partial charge in [-0.1, -0.05) is 17.7 Å². The number of anilines is 1. The first kappa shape index (κ1) is 17.3. The number of aliphatic hydroxyl groups excluding tert-OH is 1. The van der Waals surface area contributed by atoms with Gasteiger partial charge in [-0.25, -0.2) is 8.42 Å². The summed E-state index contributed by atoms with van der Waals surface area (Å²) in [7, 11) is -2.41. The molecule has 0 saturated carbocycles. The van der Waals surface area contributed by atoms with E-state index in [2.05, 4.69) is 9.70 Å². The van der Waals surface area contributed by atoms with Gasteiger partial charge in [-0.2, -0.15) is 0 Å². The van der Waals surface area contributed by atoms with Gasteiger partial charge in [-0.05, 0) is 37.3 Å². The Morgan fingerprint density at radius 2 is 1.92 bits per heavy atom. The zero-order valence-corrected chi connectivity index (χ0v) is 13.9. The molecule has 2 aromatic carbocycles. The topological polar surface area (TPSA) is 104 Å². The zero-order chi connectivity index (χ0) is 17.7. The van der Waals surface area contributed by atoms with Crippen molar-refractivity contribution in [1.29, 1.82) is 5.39 Å². The molecule has 0 aromatic heterocycles. The second-order valence-electron chi connectivity index (χ2n) is 4.96. The zero-order valence-electron chi connectivity index (χ0n) is 13.1. The molecule has 0 radical (unpaired) electrons. The van der Waals surface area contributed by atoms with E-state index in [1.165, 1.54) is 31.4 Å². The second kappa shape index (κ2) is 7.02. The van der Waals surface area contributed by atoms with E-state index in [1.807, 2.05) is 6.92 Å². The standard InChI is InChI=1S/C16H15N3O4S/c1-11-3-6-13(7-4-11)24(21,22)19-15-8-5-12(23-2)9-14(15)16(20)10-18-17/h3-10,19H,1-2H3/p+1. The monoisotopic (exact) mass is 346 g/mol. The van der Waals surface area contributed by atoms with Crippen molar-refractivity contribution in [2.75, 3.05) is 11.8 Å². The van der Waals surface area contributed by atoms with Crippen LogP contribution in [0.25, 0.3) is 10.7 Å². The predicted octanol–water partition coefficient (Wildman–Crippen LogP) is 3.51. The fourth-order valence-corrected chi connectivity index (χ4v) is 3.08. The quantitative estimate of drug-likeness (QED) is 0.637. The summed E-state index contributed by atoms with van der Waals surface area (Å²) in [5.74, 6) is -0.0146. The van der Waals surface area contributed by atoms with Crippen molar-refractivity contribution in [3.05, 3.63) is 64.8 Å².